The van der Waals surface area contributed by atoms with Crippen LogP contribution in [-0.4, -0.2) is 6.29 Å². The van der Waals surface area contributed by atoms with Gasteiger partial charge in [0.25, 0.3) is 0 Å². The SMILES string of the molecule is O=Cc1ccc(OCc2ccccc2)cc1OCc1ccccc1. The second kappa shape index (κ2) is 7.97. The molecule has 0 radical (unpaired) electrons. The number of rotatable bonds is 7. The van der Waals surface area contributed by atoms with Crippen molar-refractivity contribution in [2.45, 2.75) is 13.2 Å². The third-order valence-electron chi connectivity index (χ3n) is 3.60. The minimum absolute atomic E-state index is 0.407. The van der Waals surface area contributed by atoms with Gasteiger partial charge in [0, 0.05) is 6.07 Å². The van der Waals surface area contributed by atoms with Crippen molar-refractivity contribution in [3.8, 4) is 11.5 Å². The molecule has 0 aliphatic carbocycles. The van der Waals surface area contributed by atoms with Crippen molar-refractivity contribution in [3.05, 3.63) is 95.6 Å². The first-order valence-electron chi connectivity index (χ1n) is 7.78. The van der Waals surface area contributed by atoms with Crippen LogP contribution >= 0.6 is 0 Å². The molecule has 0 fully saturated rings. The Bertz CT molecular complexity index is 783. The average Bonchev–Trinajstić information content (AvgIpc) is 2.66. The Balaban J connectivity index is 1.69. The van der Waals surface area contributed by atoms with Gasteiger partial charge < -0.3 is 9.47 Å². The number of carbonyl (C=O) groups is 1. The molecule has 0 N–H and O–H groups in total. The third kappa shape index (κ3) is 4.23. The highest BCUT2D eigenvalue weighted by Crippen LogP contribution is 2.25. The van der Waals surface area contributed by atoms with Crippen LogP contribution in [-0.2, 0) is 13.2 Å². The van der Waals surface area contributed by atoms with E-state index in [9.17, 15) is 4.79 Å². The van der Waals surface area contributed by atoms with E-state index in [-0.39, 0.29) is 0 Å². The predicted molar refractivity (Wildman–Crippen MR) is 93.4 cm³/mol. The predicted octanol–water partition coefficient (Wildman–Crippen LogP) is 4.66. The van der Waals surface area contributed by atoms with Crippen LogP contribution in [0.15, 0.2) is 78.9 Å². The molecule has 3 aromatic carbocycles. The lowest BCUT2D eigenvalue weighted by Gasteiger charge is -2.12. The molecule has 0 amide bonds. The molecule has 0 saturated heterocycles. The van der Waals surface area contributed by atoms with E-state index >= 15 is 0 Å². The third-order valence-corrected chi connectivity index (χ3v) is 3.60. The van der Waals surface area contributed by atoms with E-state index in [4.69, 9.17) is 9.47 Å². The summed E-state index contributed by atoms with van der Waals surface area (Å²) in [6, 6.07) is 25.0. The normalized spacial score (nSPS) is 10.2. The smallest absolute Gasteiger partial charge is 0.153 e. The zero-order valence-electron chi connectivity index (χ0n) is 13.2. The number of aldehydes is 1. The summed E-state index contributed by atoms with van der Waals surface area (Å²) in [5, 5.41) is 0. The van der Waals surface area contributed by atoms with Crippen LogP contribution < -0.4 is 9.47 Å². The van der Waals surface area contributed by atoms with Crippen molar-refractivity contribution < 1.29 is 14.3 Å². The zero-order valence-corrected chi connectivity index (χ0v) is 13.2. The Hall–Kier alpha value is -3.07. The molecule has 24 heavy (non-hydrogen) atoms. The van der Waals surface area contributed by atoms with E-state index in [0.29, 0.717) is 30.3 Å². The molecule has 0 atom stereocenters. The molecule has 0 aliphatic heterocycles. The monoisotopic (exact) mass is 318 g/mol. The summed E-state index contributed by atoms with van der Waals surface area (Å²) in [6.07, 6.45) is 0.793. The summed E-state index contributed by atoms with van der Waals surface area (Å²) in [7, 11) is 0. The molecule has 0 unspecified atom stereocenters. The lowest BCUT2D eigenvalue weighted by molar-refractivity contribution is 0.111. The van der Waals surface area contributed by atoms with Crippen LogP contribution in [0.2, 0.25) is 0 Å². The van der Waals surface area contributed by atoms with Crippen molar-refractivity contribution in [2.24, 2.45) is 0 Å². The lowest BCUT2D eigenvalue weighted by atomic mass is 10.2. The minimum atomic E-state index is 0.407. The van der Waals surface area contributed by atoms with Gasteiger partial charge in [0.05, 0.1) is 5.56 Å². The topological polar surface area (TPSA) is 35.5 Å². The molecule has 0 spiro atoms. The first kappa shape index (κ1) is 15.8. The summed E-state index contributed by atoms with van der Waals surface area (Å²) in [5.41, 5.74) is 2.65. The van der Waals surface area contributed by atoms with Gasteiger partial charge in [-0.1, -0.05) is 60.7 Å². The molecule has 0 heterocycles. The molecule has 120 valence electrons. The lowest BCUT2D eigenvalue weighted by Crippen LogP contribution is -2.00. The van der Waals surface area contributed by atoms with Gasteiger partial charge in [-0.25, -0.2) is 0 Å². The second-order valence-corrected chi connectivity index (χ2v) is 5.37. The fourth-order valence-electron chi connectivity index (χ4n) is 2.30. The maximum atomic E-state index is 11.2. The standard InChI is InChI=1S/C21H18O3/c22-14-19-11-12-20(23-15-17-7-3-1-4-8-17)13-21(19)24-16-18-9-5-2-6-10-18/h1-14H,15-16H2. The molecule has 0 bridgehead atoms. The van der Waals surface area contributed by atoms with Crippen molar-refractivity contribution in [1.29, 1.82) is 0 Å². The number of benzene rings is 3. The van der Waals surface area contributed by atoms with Gasteiger partial charge in [-0.05, 0) is 23.3 Å². The highest BCUT2D eigenvalue weighted by atomic mass is 16.5. The highest BCUT2D eigenvalue weighted by Gasteiger charge is 2.06. The van der Waals surface area contributed by atoms with Crippen LogP contribution in [0.4, 0.5) is 0 Å². The van der Waals surface area contributed by atoms with Crippen molar-refractivity contribution in [1.82, 2.24) is 0 Å². The van der Waals surface area contributed by atoms with E-state index in [0.717, 1.165) is 17.4 Å². The van der Waals surface area contributed by atoms with Gasteiger partial charge in [0.1, 0.15) is 24.7 Å². The summed E-state index contributed by atoms with van der Waals surface area (Å²) in [6.45, 7) is 0.878. The van der Waals surface area contributed by atoms with Crippen molar-refractivity contribution in [3.63, 3.8) is 0 Å². The molecule has 3 nitrogen and oxygen atoms in total. The fourth-order valence-corrected chi connectivity index (χ4v) is 2.30. The van der Waals surface area contributed by atoms with Gasteiger partial charge in [-0.3, -0.25) is 4.79 Å². The largest absolute Gasteiger partial charge is 0.489 e. The van der Waals surface area contributed by atoms with Gasteiger partial charge in [0.15, 0.2) is 6.29 Å². The second-order valence-electron chi connectivity index (χ2n) is 5.37. The van der Waals surface area contributed by atoms with E-state index in [1.165, 1.54) is 0 Å². The minimum Gasteiger partial charge on any atom is -0.489 e. The van der Waals surface area contributed by atoms with Crippen LogP contribution in [0.25, 0.3) is 0 Å². The summed E-state index contributed by atoms with van der Waals surface area (Å²) in [5.74, 6) is 1.20. The Morgan fingerprint density at radius 2 is 1.29 bits per heavy atom. The first-order valence-corrected chi connectivity index (χ1v) is 7.78. The van der Waals surface area contributed by atoms with Crippen molar-refractivity contribution >= 4 is 6.29 Å². The Morgan fingerprint density at radius 3 is 1.88 bits per heavy atom. The Morgan fingerprint density at radius 1 is 0.708 bits per heavy atom. The van der Waals surface area contributed by atoms with E-state index in [2.05, 4.69) is 0 Å². The molecular formula is C21H18O3. The van der Waals surface area contributed by atoms with E-state index < -0.39 is 0 Å². The van der Waals surface area contributed by atoms with E-state index in [1.807, 2.05) is 60.7 Å². The molecule has 0 aliphatic rings. The van der Waals surface area contributed by atoms with Gasteiger partial charge in [-0.2, -0.15) is 0 Å². The zero-order chi connectivity index (χ0) is 16.6. The highest BCUT2D eigenvalue weighted by molar-refractivity contribution is 5.79. The van der Waals surface area contributed by atoms with Crippen LogP contribution in [0.3, 0.4) is 0 Å². The summed E-state index contributed by atoms with van der Waals surface area (Å²) in [4.78, 5) is 11.2. The average molecular weight is 318 g/mol. The quantitative estimate of drug-likeness (QED) is 0.595. The molecular weight excluding hydrogens is 300 g/mol. The molecule has 3 heteroatoms. The van der Waals surface area contributed by atoms with Crippen LogP contribution in [0.5, 0.6) is 11.5 Å². The van der Waals surface area contributed by atoms with Crippen LogP contribution in [0, 0.1) is 0 Å². The number of carbonyl (C=O) groups excluding carboxylic acids is 1. The molecule has 0 saturated carbocycles. The molecule has 0 aromatic heterocycles. The molecule has 3 aromatic rings. The Kier molecular flexibility index (Phi) is 5.25. The number of ether oxygens (including phenoxy) is 2. The van der Waals surface area contributed by atoms with Gasteiger partial charge >= 0.3 is 0 Å². The first-order chi connectivity index (χ1) is 11.8. The van der Waals surface area contributed by atoms with Crippen molar-refractivity contribution in [2.75, 3.05) is 0 Å². The fraction of sp³-hybridized carbons (Fsp3) is 0.0952. The number of hydrogen-bond donors (Lipinski definition) is 0. The molecule has 3 rings (SSSR count). The maximum absolute atomic E-state index is 11.2. The van der Waals surface area contributed by atoms with Gasteiger partial charge in [-0.15, -0.1) is 0 Å². The Labute approximate surface area is 141 Å². The summed E-state index contributed by atoms with van der Waals surface area (Å²) >= 11 is 0. The summed E-state index contributed by atoms with van der Waals surface area (Å²) < 4.78 is 11.6. The van der Waals surface area contributed by atoms with Gasteiger partial charge in [0.2, 0.25) is 0 Å². The number of hydrogen-bond acceptors (Lipinski definition) is 3. The van der Waals surface area contributed by atoms with E-state index in [1.54, 1.807) is 18.2 Å². The van der Waals surface area contributed by atoms with Crippen LogP contribution in [0.1, 0.15) is 21.5 Å². The maximum Gasteiger partial charge on any atom is 0.153 e.